The zero-order chi connectivity index (χ0) is 11.8. The van der Waals surface area contributed by atoms with Crippen molar-refractivity contribution in [3.05, 3.63) is 29.3 Å². The van der Waals surface area contributed by atoms with Gasteiger partial charge in [0, 0.05) is 18.7 Å². The highest BCUT2D eigenvalue weighted by molar-refractivity contribution is 5.40. The fraction of sp³-hybridized carbons (Fsp3) is 0.538. The van der Waals surface area contributed by atoms with Gasteiger partial charge in [0.2, 0.25) is 0 Å². The van der Waals surface area contributed by atoms with Gasteiger partial charge in [-0.3, -0.25) is 0 Å². The summed E-state index contributed by atoms with van der Waals surface area (Å²) in [5.74, 6) is 0.925. The largest absolute Gasteiger partial charge is 0.493 e. The van der Waals surface area contributed by atoms with Crippen molar-refractivity contribution >= 4 is 0 Å². The Labute approximate surface area is 97.2 Å². The molecule has 0 aromatic heterocycles. The summed E-state index contributed by atoms with van der Waals surface area (Å²) in [6.45, 7) is 3.49. The quantitative estimate of drug-likeness (QED) is 0.695. The molecule has 0 saturated heterocycles. The Bertz CT molecular complexity index is 313. The van der Waals surface area contributed by atoms with Crippen LogP contribution < -0.4 is 10.5 Å². The first kappa shape index (κ1) is 13.0. The first-order chi connectivity index (χ1) is 7.79. The number of unbranched alkanes of at least 4 members (excludes halogenated alkanes) is 2. The van der Waals surface area contributed by atoms with Crippen LogP contribution in [0.5, 0.6) is 5.75 Å². The fourth-order valence-corrected chi connectivity index (χ4v) is 1.65. The highest BCUT2D eigenvalue weighted by atomic mass is 16.5. The van der Waals surface area contributed by atoms with Crippen LogP contribution in [-0.4, -0.2) is 18.3 Å². The third-order valence-electron chi connectivity index (χ3n) is 2.56. The average molecular weight is 223 g/mol. The van der Waals surface area contributed by atoms with Crippen LogP contribution in [0.1, 0.15) is 30.4 Å². The number of benzene rings is 1. The van der Waals surface area contributed by atoms with Gasteiger partial charge in [0.05, 0.1) is 6.61 Å². The number of ether oxygens (including phenoxy) is 1. The summed E-state index contributed by atoms with van der Waals surface area (Å²) >= 11 is 0. The van der Waals surface area contributed by atoms with Gasteiger partial charge >= 0.3 is 0 Å². The van der Waals surface area contributed by atoms with E-state index in [9.17, 15) is 0 Å². The summed E-state index contributed by atoms with van der Waals surface area (Å²) in [6, 6.07) is 6.02. The van der Waals surface area contributed by atoms with Crippen LogP contribution in [0.15, 0.2) is 18.2 Å². The monoisotopic (exact) mass is 223 g/mol. The Kier molecular flexibility index (Phi) is 5.90. The first-order valence-corrected chi connectivity index (χ1v) is 5.81. The molecule has 0 fully saturated rings. The molecule has 3 heteroatoms. The maximum absolute atomic E-state index is 8.65. The van der Waals surface area contributed by atoms with Crippen LogP contribution in [0, 0.1) is 6.92 Å². The fourth-order valence-electron chi connectivity index (χ4n) is 1.65. The van der Waals surface area contributed by atoms with E-state index in [-0.39, 0.29) is 6.61 Å². The van der Waals surface area contributed by atoms with E-state index < -0.39 is 0 Å². The molecule has 0 saturated carbocycles. The van der Waals surface area contributed by atoms with E-state index in [1.165, 1.54) is 0 Å². The Balaban J connectivity index is 2.46. The number of hydrogen-bond donors (Lipinski definition) is 2. The van der Waals surface area contributed by atoms with Gasteiger partial charge in [0.1, 0.15) is 5.75 Å². The summed E-state index contributed by atoms with van der Waals surface area (Å²) in [7, 11) is 0. The van der Waals surface area contributed by atoms with E-state index in [1.807, 2.05) is 25.1 Å². The summed E-state index contributed by atoms with van der Waals surface area (Å²) in [6.07, 6.45) is 2.82. The van der Waals surface area contributed by atoms with Crippen LogP contribution in [0.25, 0.3) is 0 Å². The molecule has 0 heterocycles. The minimum atomic E-state index is 0.262. The molecule has 1 rings (SSSR count). The van der Waals surface area contributed by atoms with Crippen LogP contribution in [0.4, 0.5) is 0 Å². The molecule has 1 aromatic carbocycles. The average Bonchev–Trinajstić information content (AvgIpc) is 2.30. The molecule has 3 N–H and O–H groups in total. The van der Waals surface area contributed by atoms with Crippen LogP contribution in [0.2, 0.25) is 0 Å². The molecule has 3 nitrogen and oxygen atoms in total. The molecule has 0 aliphatic heterocycles. The maximum Gasteiger partial charge on any atom is 0.126 e. The number of aliphatic hydroxyl groups is 1. The lowest BCUT2D eigenvalue weighted by Gasteiger charge is -2.12. The SMILES string of the molecule is Cc1cccc(CN)c1OCCCCCO. The van der Waals surface area contributed by atoms with Gasteiger partial charge < -0.3 is 15.6 Å². The Hall–Kier alpha value is -1.06. The third kappa shape index (κ3) is 3.83. The van der Waals surface area contributed by atoms with E-state index in [1.54, 1.807) is 0 Å². The van der Waals surface area contributed by atoms with Crippen molar-refractivity contribution in [1.29, 1.82) is 0 Å². The van der Waals surface area contributed by atoms with Crippen molar-refractivity contribution in [2.24, 2.45) is 5.73 Å². The Morgan fingerprint density at radius 2 is 2.06 bits per heavy atom. The topological polar surface area (TPSA) is 55.5 Å². The highest BCUT2D eigenvalue weighted by Crippen LogP contribution is 2.23. The Morgan fingerprint density at radius 3 is 2.75 bits per heavy atom. The molecular weight excluding hydrogens is 202 g/mol. The number of rotatable bonds is 7. The van der Waals surface area contributed by atoms with Crippen molar-refractivity contribution in [2.75, 3.05) is 13.2 Å². The van der Waals surface area contributed by atoms with Gasteiger partial charge in [-0.2, -0.15) is 0 Å². The number of para-hydroxylation sites is 1. The van der Waals surface area contributed by atoms with Crippen LogP contribution in [0.3, 0.4) is 0 Å². The minimum Gasteiger partial charge on any atom is -0.493 e. The molecular formula is C13H21NO2. The van der Waals surface area contributed by atoms with E-state index in [0.717, 1.165) is 36.1 Å². The van der Waals surface area contributed by atoms with Crippen molar-refractivity contribution in [1.82, 2.24) is 0 Å². The second kappa shape index (κ2) is 7.25. The molecule has 0 spiro atoms. The molecule has 0 radical (unpaired) electrons. The first-order valence-electron chi connectivity index (χ1n) is 5.81. The van der Waals surface area contributed by atoms with Gasteiger partial charge in [-0.05, 0) is 31.7 Å². The lowest BCUT2D eigenvalue weighted by atomic mass is 10.1. The zero-order valence-electron chi connectivity index (χ0n) is 9.91. The van der Waals surface area contributed by atoms with Gasteiger partial charge in [0.25, 0.3) is 0 Å². The maximum atomic E-state index is 8.65. The molecule has 1 aromatic rings. The van der Waals surface area contributed by atoms with E-state index in [4.69, 9.17) is 15.6 Å². The van der Waals surface area contributed by atoms with Crippen LogP contribution >= 0.6 is 0 Å². The lowest BCUT2D eigenvalue weighted by molar-refractivity contribution is 0.264. The van der Waals surface area contributed by atoms with Crippen molar-refractivity contribution in [3.8, 4) is 5.75 Å². The summed E-state index contributed by atoms with van der Waals surface area (Å²) in [4.78, 5) is 0. The molecule has 0 atom stereocenters. The van der Waals surface area contributed by atoms with E-state index in [2.05, 4.69) is 0 Å². The highest BCUT2D eigenvalue weighted by Gasteiger charge is 2.04. The van der Waals surface area contributed by atoms with Crippen molar-refractivity contribution in [3.63, 3.8) is 0 Å². The second-order valence-electron chi connectivity index (χ2n) is 3.90. The normalized spacial score (nSPS) is 10.4. The molecule has 16 heavy (non-hydrogen) atoms. The van der Waals surface area contributed by atoms with Crippen molar-refractivity contribution in [2.45, 2.75) is 32.7 Å². The van der Waals surface area contributed by atoms with Gasteiger partial charge in [-0.1, -0.05) is 18.2 Å². The van der Waals surface area contributed by atoms with E-state index >= 15 is 0 Å². The number of nitrogens with two attached hydrogens (primary N) is 1. The molecule has 0 amide bonds. The molecule has 0 aliphatic rings. The standard InChI is InChI=1S/C13H21NO2/c1-11-6-5-7-12(10-14)13(11)16-9-4-2-3-8-15/h5-7,15H,2-4,8-10,14H2,1H3. The third-order valence-corrected chi connectivity index (χ3v) is 2.56. The number of aryl methyl sites for hydroxylation is 1. The lowest BCUT2D eigenvalue weighted by Crippen LogP contribution is -2.05. The van der Waals surface area contributed by atoms with Gasteiger partial charge in [-0.25, -0.2) is 0 Å². The summed E-state index contributed by atoms with van der Waals surface area (Å²) in [5, 5.41) is 8.65. The molecule has 0 bridgehead atoms. The van der Waals surface area contributed by atoms with Gasteiger partial charge in [-0.15, -0.1) is 0 Å². The summed E-state index contributed by atoms with van der Waals surface area (Å²) < 4.78 is 5.74. The molecule has 90 valence electrons. The van der Waals surface area contributed by atoms with E-state index in [0.29, 0.717) is 13.2 Å². The van der Waals surface area contributed by atoms with Gasteiger partial charge in [0.15, 0.2) is 0 Å². The zero-order valence-corrected chi connectivity index (χ0v) is 9.91. The van der Waals surface area contributed by atoms with Crippen molar-refractivity contribution < 1.29 is 9.84 Å². The molecule has 0 unspecified atom stereocenters. The Morgan fingerprint density at radius 1 is 1.25 bits per heavy atom. The number of aliphatic hydroxyl groups excluding tert-OH is 1. The number of hydrogen-bond acceptors (Lipinski definition) is 3. The van der Waals surface area contributed by atoms with Crippen LogP contribution in [-0.2, 0) is 6.54 Å². The summed E-state index contributed by atoms with van der Waals surface area (Å²) in [5.41, 5.74) is 7.85. The molecule has 0 aliphatic carbocycles. The minimum absolute atomic E-state index is 0.262. The predicted octanol–water partition coefficient (Wildman–Crippen LogP) is 2.00. The predicted molar refractivity (Wildman–Crippen MR) is 65.5 cm³/mol. The smallest absolute Gasteiger partial charge is 0.126 e. The second-order valence-corrected chi connectivity index (χ2v) is 3.90.